The van der Waals surface area contributed by atoms with E-state index in [1.165, 1.54) is 18.2 Å². The number of nitrogens with one attached hydrogen (secondary N) is 1. The Kier molecular flexibility index (Phi) is 6.21. The van der Waals surface area contributed by atoms with Crippen LogP contribution in [0.2, 0.25) is 0 Å². The van der Waals surface area contributed by atoms with Gasteiger partial charge in [-0.25, -0.2) is 27.4 Å². The molecule has 1 saturated heterocycles. The molecule has 0 radical (unpaired) electrons. The Labute approximate surface area is 161 Å². The average molecular weight is 415 g/mol. The molecule has 154 valence electrons. The van der Waals surface area contributed by atoms with Gasteiger partial charge in [-0.3, -0.25) is 4.79 Å². The molecule has 3 rings (SSSR count). The van der Waals surface area contributed by atoms with Gasteiger partial charge in [0.05, 0.1) is 0 Å². The number of rotatable bonds is 4. The molecule has 0 aliphatic carbocycles. The maximum atomic E-state index is 14.7. The predicted octanol–water partition coefficient (Wildman–Crippen LogP) is 4.75. The lowest BCUT2D eigenvalue weighted by molar-refractivity contribution is -0.0310. The van der Waals surface area contributed by atoms with E-state index in [-0.39, 0.29) is 37.4 Å². The van der Waals surface area contributed by atoms with E-state index in [2.05, 4.69) is 10.3 Å². The first kappa shape index (κ1) is 20.8. The van der Waals surface area contributed by atoms with E-state index in [1.807, 2.05) is 0 Å². The monoisotopic (exact) mass is 415 g/mol. The van der Waals surface area contributed by atoms with Crippen molar-refractivity contribution in [3.63, 3.8) is 0 Å². The maximum Gasteiger partial charge on any atom is 0.294 e. The van der Waals surface area contributed by atoms with Crippen molar-refractivity contribution in [2.75, 3.05) is 18.4 Å². The van der Waals surface area contributed by atoms with Gasteiger partial charge in [0.25, 0.3) is 12.5 Å². The zero-order valence-corrected chi connectivity index (χ0v) is 14.9. The van der Waals surface area contributed by atoms with E-state index < -0.39 is 41.3 Å². The molecule has 0 bridgehead atoms. The molecule has 2 aromatic rings. The number of piperidine rings is 1. The van der Waals surface area contributed by atoms with Crippen molar-refractivity contribution in [1.82, 2.24) is 9.88 Å². The number of benzene rings is 1. The molecule has 10 heteroatoms. The van der Waals surface area contributed by atoms with Crippen LogP contribution in [0.4, 0.5) is 32.2 Å². The Morgan fingerprint density at radius 2 is 1.69 bits per heavy atom. The van der Waals surface area contributed by atoms with Gasteiger partial charge in [0.15, 0.2) is 0 Å². The number of carbonyl (C=O) groups is 1. The number of likely N-dealkylation sites (tertiary alicyclic amines) is 1. The highest BCUT2D eigenvalue weighted by molar-refractivity contribution is 6.04. The number of pyridine rings is 1. The molecular formula is C19H15F6N3O. The third-order valence-corrected chi connectivity index (χ3v) is 4.44. The Hall–Kier alpha value is -2.88. The van der Waals surface area contributed by atoms with Crippen molar-refractivity contribution >= 4 is 17.6 Å². The zero-order valence-electron chi connectivity index (χ0n) is 14.9. The largest absolute Gasteiger partial charge is 0.306 e. The van der Waals surface area contributed by atoms with Gasteiger partial charge in [-0.2, -0.15) is 8.78 Å². The van der Waals surface area contributed by atoms with Gasteiger partial charge in [0.2, 0.25) is 0 Å². The van der Waals surface area contributed by atoms with Gasteiger partial charge in [-0.15, -0.1) is 0 Å². The van der Waals surface area contributed by atoms with Crippen LogP contribution in [0.3, 0.4) is 0 Å². The fraction of sp³-hybridized carbons (Fsp3) is 0.263. The molecule has 0 unspecified atom stereocenters. The highest BCUT2D eigenvalue weighted by Gasteiger charge is 2.24. The molecule has 2 heterocycles. The molecule has 1 aromatic carbocycles. The summed E-state index contributed by atoms with van der Waals surface area (Å²) in [6.45, 7) is -2.61. The standard InChI is InChI=1S/C19H15F6N3O/c20-11-8-12(21)16(13(22)9-11)18(29)27-15-3-1-2-14(26-15)17(23)10-4-6-28(7-5-10)19(24)25/h1-3,8-9,19H,4-7H2,(H,26,27,29). The SMILES string of the molecule is O=C(Nc1cccc(C(F)=C2CCN(C(F)F)CC2)n1)c1c(F)cc(F)cc1F. The zero-order chi connectivity index (χ0) is 21.1. The summed E-state index contributed by atoms with van der Waals surface area (Å²) in [6, 6.07) is 4.67. The summed E-state index contributed by atoms with van der Waals surface area (Å²) in [5, 5.41) is 2.13. The molecule has 0 spiro atoms. The topological polar surface area (TPSA) is 45.2 Å². The van der Waals surface area contributed by atoms with Crippen molar-refractivity contribution in [2.45, 2.75) is 19.4 Å². The lowest BCUT2D eigenvalue weighted by Gasteiger charge is -2.27. The van der Waals surface area contributed by atoms with Crippen molar-refractivity contribution in [1.29, 1.82) is 0 Å². The molecule has 1 amide bonds. The molecule has 29 heavy (non-hydrogen) atoms. The Bertz CT molecular complexity index is 930. The van der Waals surface area contributed by atoms with Gasteiger partial charge in [0.1, 0.15) is 40.4 Å². The van der Waals surface area contributed by atoms with Crippen LogP contribution in [0.1, 0.15) is 28.9 Å². The Morgan fingerprint density at radius 3 is 2.28 bits per heavy atom. The van der Waals surface area contributed by atoms with Crippen LogP contribution >= 0.6 is 0 Å². The minimum absolute atomic E-state index is 0.0000326. The number of alkyl halides is 2. The summed E-state index contributed by atoms with van der Waals surface area (Å²) >= 11 is 0. The van der Waals surface area contributed by atoms with Gasteiger partial charge >= 0.3 is 0 Å². The quantitative estimate of drug-likeness (QED) is 0.579. The second kappa shape index (κ2) is 8.64. The van der Waals surface area contributed by atoms with E-state index >= 15 is 0 Å². The van der Waals surface area contributed by atoms with Crippen molar-refractivity contribution < 1.29 is 31.1 Å². The first-order valence-electron chi connectivity index (χ1n) is 8.59. The summed E-state index contributed by atoms with van der Waals surface area (Å²) in [6.07, 6.45) is 0.195. The fourth-order valence-corrected chi connectivity index (χ4v) is 2.95. The first-order valence-corrected chi connectivity index (χ1v) is 8.59. The van der Waals surface area contributed by atoms with Crippen LogP contribution in [0.5, 0.6) is 0 Å². The summed E-state index contributed by atoms with van der Waals surface area (Å²) in [5.41, 5.74) is -0.839. The van der Waals surface area contributed by atoms with Crippen molar-refractivity contribution in [3.8, 4) is 0 Å². The van der Waals surface area contributed by atoms with Crippen molar-refractivity contribution in [3.05, 3.63) is 64.6 Å². The highest BCUT2D eigenvalue weighted by atomic mass is 19.3. The molecule has 1 fully saturated rings. The fourth-order valence-electron chi connectivity index (χ4n) is 2.95. The smallest absolute Gasteiger partial charge is 0.294 e. The van der Waals surface area contributed by atoms with Gasteiger partial charge in [-0.1, -0.05) is 6.07 Å². The van der Waals surface area contributed by atoms with Crippen LogP contribution in [-0.2, 0) is 0 Å². The lowest BCUT2D eigenvalue weighted by atomic mass is 10.0. The number of hydrogen-bond donors (Lipinski definition) is 1. The van der Waals surface area contributed by atoms with Crippen LogP contribution in [-0.4, -0.2) is 35.4 Å². The maximum absolute atomic E-state index is 14.7. The number of aromatic nitrogens is 1. The average Bonchev–Trinajstić information content (AvgIpc) is 2.67. The summed E-state index contributed by atoms with van der Waals surface area (Å²) in [7, 11) is 0. The Balaban J connectivity index is 1.78. The molecule has 1 aliphatic rings. The van der Waals surface area contributed by atoms with Gasteiger partial charge in [-0.05, 0) is 30.5 Å². The normalized spacial score (nSPS) is 14.9. The summed E-state index contributed by atoms with van der Waals surface area (Å²) < 4.78 is 80.4. The van der Waals surface area contributed by atoms with E-state index in [0.29, 0.717) is 17.7 Å². The number of halogens is 6. The second-order valence-electron chi connectivity index (χ2n) is 6.34. The molecule has 0 saturated carbocycles. The number of anilines is 1. The van der Waals surface area contributed by atoms with Crippen molar-refractivity contribution in [2.24, 2.45) is 0 Å². The number of carbonyl (C=O) groups excluding carboxylic acids is 1. The minimum Gasteiger partial charge on any atom is -0.306 e. The second-order valence-corrected chi connectivity index (χ2v) is 6.34. The molecule has 1 aromatic heterocycles. The van der Waals surface area contributed by atoms with E-state index in [9.17, 15) is 31.1 Å². The first-order chi connectivity index (χ1) is 13.8. The molecule has 1 aliphatic heterocycles. The predicted molar refractivity (Wildman–Crippen MR) is 93.3 cm³/mol. The molecular weight excluding hydrogens is 400 g/mol. The van der Waals surface area contributed by atoms with E-state index in [4.69, 9.17) is 0 Å². The number of amides is 1. The third kappa shape index (κ3) is 4.76. The van der Waals surface area contributed by atoms with Gasteiger partial charge < -0.3 is 5.32 Å². The molecule has 0 atom stereocenters. The van der Waals surface area contributed by atoms with E-state index in [1.54, 1.807) is 0 Å². The van der Waals surface area contributed by atoms with Crippen LogP contribution < -0.4 is 5.32 Å². The molecule has 1 N–H and O–H groups in total. The summed E-state index contributed by atoms with van der Waals surface area (Å²) in [5.74, 6) is -6.07. The van der Waals surface area contributed by atoms with Gasteiger partial charge in [0, 0.05) is 25.2 Å². The number of hydrogen-bond acceptors (Lipinski definition) is 3. The Morgan fingerprint density at radius 1 is 1.07 bits per heavy atom. The van der Waals surface area contributed by atoms with Crippen LogP contribution in [0.15, 0.2) is 35.9 Å². The lowest BCUT2D eigenvalue weighted by Crippen LogP contribution is -2.35. The number of nitrogens with zero attached hydrogens (tertiary/aromatic N) is 2. The molecule has 4 nitrogen and oxygen atoms in total. The van der Waals surface area contributed by atoms with E-state index in [0.717, 1.165) is 4.90 Å². The van der Waals surface area contributed by atoms with Crippen LogP contribution in [0, 0.1) is 17.5 Å². The summed E-state index contributed by atoms with van der Waals surface area (Å²) in [4.78, 5) is 16.9. The van der Waals surface area contributed by atoms with Crippen LogP contribution in [0.25, 0.3) is 5.83 Å². The third-order valence-electron chi connectivity index (χ3n) is 4.44. The minimum atomic E-state index is -2.61. The highest BCUT2D eigenvalue weighted by Crippen LogP contribution is 2.28.